The van der Waals surface area contributed by atoms with Crippen molar-refractivity contribution in [2.75, 3.05) is 19.7 Å². The first kappa shape index (κ1) is 16.3. The predicted molar refractivity (Wildman–Crippen MR) is 84.9 cm³/mol. The second kappa shape index (κ2) is 6.33. The zero-order valence-electron chi connectivity index (χ0n) is 14.0. The zero-order chi connectivity index (χ0) is 14.8. The lowest BCUT2D eigenvalue weighted by Crippen LogP contribution is -2.62. The molecule has 0 radical (unpaired) electrons. The van der Waals surface area contributed by atoms with Crippen molar-refractivity contribution in [3.05, 3.63) is 0 Å². The van der Waals surface area contributed by atoms with E-state index in [2.05, 4.69) is 32.6 Å². The minimum absolute atomic E-state index is 0.0165. The van der Waals surface area contributed by atoms with Crippen molar-refractivity contribution in [3.8, 4) is 0 Å². The summed E-state index contributed by atoms with van der Waals surface area (Å²) < 4.78 is 6.07. The Kier molecular flexibility index (Phi) is 5.14. The molecule has 20 heavy (non-hydrogen) atoms. The minimum Gasteiger partial charge on any atom is -0.375 e. The Bertz CT molecular complexity index is 316. The molecule has 118 valence electrons. The van der Waals surface area contributed by atoms with Crippen LogP contribution in [0.2, 0.25) is 0 Å². The molecule has 2 atom stereocenters. The Balaban J connectivity index is 2.13. The van der Waals surface area contributed by atoms with E-state index in [9.17, 15) is 0 Å². The molecule has 1 saturated carbocycles. The van der Waals surface area contributed by atoms with Crippen LogP contribution in [0.5, 0.6) is 0 Å². The van der Waals surface area contributed by atoms with Crippen LogP contribution in [0.15, 0.2) is 0 Å². The van der Waals surface area contributed by atoms with Crippen LogP contribution >= 0.6 is 0 Å². The highest BCUT2D eigenvalue weighted by molar-refractivity contribution is 5.04. The molecule has 1 aliphatic carbocycles. The molecule has 0 spiro atoms. The minimum atomic E-state index is 0.0165. The Hall–Kier alpha value is -0.120. The van der Waals surface area contributed by atoms with Gasteiger partial charge in [0.05, 0.1) is 5.60 Å². The monoisotopic (exact) mass is 282 g/mol. The number of hydrogen-bond acceptors (Lipinski definition) is 3. The van der Waals surface area contributed by atoms with Crippen molar-refractivity contribution < 1.29 is 4.74 Å². The quantitative estimate of drug-likeness (QED) is 0.779. The summed E-state index contributed by atoms with van der Waals surface area (Å²) in [5.41, 5.74) is 6.49. The molecule has 2 unspecified atom stereocenters. The molecule has 2 rings (SSSR count). The molecule has 0 amide bonds. The summed E-state index contributed by atoms with van der Waals surface area (Å²) >= 11 is 0. The van der Waals surface area contributed by atoms with Crippen molar-refractivity contribution in [1.29, 1.82) is 0 Å². The molecule has 2 aliphatic rings. The molecule has 3 nitrogen and oxygen atoms in total. The fourth-order valence-corrected chi connectivity index (χ4v) is 3.68. The summed E-state index contributed by atoms with van der Waals surface area (Å²) in [6.45, 7) is 12.0. The van der Waals surface area contributed by atoms with E-state index < -0.39 is 0 Å². The third kappa shape index (κ3) is 3.55. The fraction of sp³-hybridized carbons (Fsp3) is 1.00. The van der Waals surface area contributed by atoms with Gasteiger partial charge in [-0.1, -0.05) is 20.8 Å². The van der Waals surface area contributed by atoms with Crippen LogP contribution in [0.4, 0.5) is 0 Å². The van der Waals surface area contributed by atoms with Gasteiger partial charge >= 0.3 is 0 Å². The number of ether oxygens (including phenoxy) is 1. The summed E-state index contributed by atoms with van der Waals surface area (Å²) in [6, 6.07) is 0.788. The van der Waals surface area contributed by atoms with Gasteiger partial charge in [-0.05, 0) is 57.9 Å². The van der Waals surface area contributed by atoms with Crippen LogP contribution < -0.4 is 5.73 Å². The largest absolute Gasteiger partial charge is 0.375 e. The van der Waals surface area contributed by atoms with E-state index in [1.165, 1.54) is 25.8 Å². The van der Waals surface area contributed by atoms with Gasteiger partial charge in [0.15, 0.2) is 0 Å². The predicted octanol–water partition coefficient (Wildman–Crippen LogP) is 3.17. The lowest BCUT2D eigenvalue weighted by atomic mass is 9.77. The second-order valence-corrected chi connectivity index (χ2v) is 7.61. The van der Waals surface area contributed by atoms with E-state index >= 15 is 0 Å². The van der Waals surface area contributed by atoms with E-state index in [0.717, 1.165) is 44.4 Å². The van der Waals surface area contributed by atoms with Gasteiger partial charge in [-0.2, -0.15) is 0 Å². The van der Waals surface area contributed by atoms with Crippen molar-refractivity contribution in [2.45, 2.75) is 83.4 Å². The van der Waals surface area contributed by atoms with Gasteiger partial charge in [-0.3, -0.25) is 4.90 Å². The summed E-state index contributed by atoms with van der Waals surface area (Å²) in [7, 11) is 0. The van der Waals surface area contributed by atoms with Crippen LogP contribution in [-0.4, -0.2) is 41.8 Å². The number of nitrogens with two attached hydrogens (primary N) is 1. The molecule has 1 saturated heterocycles. The van der Waals surface area contributed by atoms with Crippen LogP contribution in [0, 0.1) is 5.92 Å². The lowest BCUT2D eigenvalue weighted by molar-refractivity contribution is -0.131. The van der Waals surface area contributed by atoms with Crippen molar-refractivity contribution in [2.24, 2.45) is 11.7 Å². The first-order valence-corrected chi connectivity index (χ1v) is 8.55. The van der Waals surface area contributed by atoms with E-state index in [1.807, 2.05) is 0 Å². The first-order valence-electron chi connectivity index (χ1n) is 8.55. The number of nitrogens with zero attached hydrogens (tertiary/aromatic N) is 1. The van der Waals surface area contributed by atoms with E-state index in [-0.39, 0.29) is 11.1 Å². The first-order chi connectivity index (χ1) is 9.45. The summed E-state index contributed by atoms with van der Waals surface area (Å²) in [4.78, 5) is 2.77. The Morgan fingerprint density at radius 2 is 2.05 bits per heavy atom. The maximum Gasteiger partial charge on any atom is 0.0670 e. The van der Waals surface area contributed by atoms with Gasteiger partial charge in [-0.15, -0.1) is 0 Å². The number of hydrogen-bond donors (Lipinski definition) is 1. The third-order valence-electron chi connectivity index (χ3n) is 5.39. The van der Waals surface area contributed by atoms with Gasteiger partial charge in [0.2, 0.25) is 0 Å². The van der Waals surface area contributed by atoms with Crippen LogP contribution in [-0.2, 0) is 4.74 Å². The maximum absolute atomic E-state index is 6.29. The normalized spacial score (nSPS) is 35.0. The topological polar surface area (TPSA) is 38.5 Å². The lowest BCUT2D eigenvalue weighted by Gasteiger charge is -2.52. The van der Waals surface area contributed by atoms with Crippen LogP contribution in [0.3, 0.4) is 0 Å². The smallest absolute Gasteiger partial charge is 0.0670 e. The third-order valence-corrected chi connectivity index (χ3v) is 5.39. The highest BCUT2D eigenvalue weighted by Gasteiger charge is 2.49. The molecular weight excluding hydrogens is 248 g/mol. The molecule has 0 aromatic rings. The van der Waals surface area contributed by atoms with Crippen LogP contribution in [0.25, 0.3) is 0 Å². The molecular formula is C17H34N2O. The maximum atomic E-state index is 6.29. The average Bonchev–Trinajstić information content (AvgIpc) is 3.23. The molecule has 2 fully saturated rings. The molecule has 2 N–H and O–H groups in total. The van der Waals surface area contributed by atoms with Crippen molar-refractivity contribution in [3.63, 3.8) is 0 Å². The van der Waals surface area contributed by atoms with Crippen molar-refractivity contribution >= 4 is 0 Å². The standard InChI is InChI=1S/C17H34N2O/c1-5-16(4)12-17(13-18,9-11-20-16)19(15-6-7-15)10-8-14(2)3/h14-15H,5-13,18H2,1-4H3. The summed E-state index contributed by atoms with van der Waals surface area (Å²) in [6.07, 6.45) is 7.29. The van der Waals surface area contributed by atoms with Gasteiger partial charge in [-0.25, -0.2) is 0 Å². The Morgan fingerprint density at radius 1 is 1.35 bits per heavy atom. The summed E-state index contributed by atoms with van der Waals surface area (Å²) in [5.74, 6) is 0.767. The van der Waals surface area contributed by atoms with Gasteiger partial charge in [0.1, 0.15) is 0 Å². The average molecular weight is 282 g/mol. The van der Waals surface area contributed by atoms with E-state index in [1.54, 1.807) is 0 Å². The van der Waals surface area contributed by atoms with Gasteiger partial charge < -0.3 is 10.5 Å². The SMILES string of the molecule is CCC1(C)CC(CN)(N(CCC(C)C)C2CC2)CCO1. The molecule has 1 heterocycles. The van der Waals surface area contributed by atoms with E-state index in [0.29, 0.717) is 0 Å². The van der Waals surface area contributed by atoms with Crippen molar-refractivity contribution in [1.82, 2.24) is 4.90 Å². The van der Waals surface area contributed by atoms with Gasteiger partial charge in [0, 0.05) is 24.7 Å². The molecule has 0 aromatic heterocycles. The second-order valence-electron chi connectivity index (χ2n) is 7.61. The highest BCUT2D eigenvalue weighted by Crippen LogP contribution is 2.43. The molecule has 0 bridgehead atoms. The number of rotatable bonds is 7. The fourth-order valence-electron chi connectivity index (χ4n) is 3.68. The van der Waals surface area contributed by atoms with Crippen LogP contribution in [0.1, 0.15) is 66.2 Å². The summed E-state index contributed by atoms with van der Waals surface area (Å²) in [5, 5.41) is 0. The van der Waals surface area contributed by atoms with Gasteiger partial charge in [0.25, 0.3) is 0 Å². The molecule has 3 heteroatoms. The highest BCUT2D eigenvalue weighted by atomic mass is 16.5. The Morgan fingerprint density at radius 3 is 2.55 bits per heavy atom. The molecule has 0 aromatic carbocycles. The van der Waals surface area contributed by atoms with E-state index in [4.69, 9.17) is 10.5 Å². The Labute approximate surface area is 125 Å². The zero-order valence-corrected chi connectivity index (χ0v) is 14.0. The molecule has 1 aliphatic heterocycles.